The standard InChI is InChI=1S/C18H28N4O5S/c1-4-7-18(23)20-12-10-19(11-13-20)16-9-8-15(14-17(16)22(24)25)28(26,27)21(5-2)6-3/h8-9,14H,4-7,10-13H2,1-3H3. The molecule has 1 aliphatic heterocycles. The monoisotopic (exact) mass is 412 g/mol. The highest BCUT2D eigenvalue weighted by molar-refractivity contribution is 7.89. The fourth-order valence-electron chi connectivity index (χ4n) is 3.36. The third-order valence-electron chi connectivity index (χ3n) is 4.92. The van der Waals surface area contributed by atoms with Crippen molar-refractivity contribution < 1.29 is 18.1 Å². The number of hydrogen-bond donors (Lipinski definition) is 0. The van der Waals surface area contributed by atoms with Gasteiger partial charge in [-0.05, 0) is 18.6 Å². The zero-order chi connectivity index (χ0) is 20.9. The van der Waals surface area contributed by atoms with Crippen LogP contribution >= 0.6 is 0 Å². The normalized spacial score (nSPS) is 15.1. The predicted octanol–water partition coefficient (Wildman–Crippen LogP) is 2.07. The Hall–Kier alpha value is -2.20. The lowest BCUT2D eigenvalue weighted by Gasteiger charge is -2.36. The van der Waals surface area contributed by atoms with E-state index in [0.29, 0.717) is 51.4 Å². The number of benzene rings is 1. The first-order valence-corrected chi connectivity index (χ1v) is 11.0. The number of nitro groups is 1. The summed E-state index contributed by atoms with van der Waals surface area (Å²) in [7, 11) is -3.77. The van der Waals surface area contributed by atoms with Gasteiger partial charge in [-0.2, -0.15) is 4.31 Å². The van der Waals surface area contributed by atoms with Crippen LogP contribution in [0.5, 0.6) is 0 Å². The molecule has 1 fully saturated rings. The van der Waals surface area contributed by atoms with Gasteiger partial charge in [0.1, 0.15) is 5.69 Å². The number of anilines is 1. The van der Waals surface area contributed by atoms with E-state index in [1.54, 1.807) is 18.7 Å². The summed E-state index contributed by atoms with van der Waals surface area (Å²) in [6, 6.07) is 4.06. The number of nitro benzene ring substituents is 1. The fraction of sp³-hybridized carbons (Fsp3) is 0.611. The minimum Gasteiger partial charge on any atom is -0.362 e. The van der Waals surface area contributed by atoms with E-state index in [2.05, 4.69) is 0 Å². The Morgan fingerprint density at radius 3 is 2.25 bits per heavy atom. The summed E-state index contributed by atoms with van der Waals surface area (Å²) in [5.74, 6) is 0.0947. The number of hydrogen-bond acceptors (Lipinski definition) is 6. The predicted molar refractivity (Wildman–Crippen MR) is 107 cm³/mol. The summed E-state index contributed by atoms with van der Waals surface area (Å²) in [5.41, 5.74) is 0.146. The molecule has 28 heavy (non-hydrogen) atoms. The molecule has 0 spiro atoms. The molecule has 2 rings (SSSR count). The van der Waals surface area contributed by atoms with Crippen LogP contribution in [-0.4, -0.2) is 67.7 Å². The van der Waals surface area contributed by atoms with Crippen LogP contribution in [0.2, 0.25) is 0 Å². The maximum absolute atomic E-state index is 12.7. The van der Waals surface area contributed by atoms with Crippen LogP contribution in [0.4, 0.5) is 11.4 Å². The summed E-state index contributed by atoms with van der Waals surface area (Å²) in [6.45, 7) is 7.92. The van der Waals surface area contributed by atoms with Crippen molar-refractivity contribution in [1.82, 2.24) is 9.21 Å². The molecule has 0 aromatic heterocycles. The number of nitrogens with zero attached hydrogens (tertiary/aromatic N) is 4. The number of amides is 1. The van der Waals surface area contributed by atoms with Crippen molar-refractivity contribution in [3.63, 3.8) is 0 Å². The van der Waals surface area contributed by atoms with E-state index in [4.69, 9.17) is 0 Å². The molecular formula is C18H28N4O5S. The first-order chi connectivity index (χ1) is 13.3. The smallest absolute Gasteiger partial charge is 0.293 e. The summed E-state index contributed by atoms with van der Waals surface area (Å²) in [5, 5.41) is 11.6. The molecule has 1 aromatic rings. The zero-order valence-electron chi connectivity index (χ0n) is 16.6. The maximum Gasteiger partial charge on any atom is 0.293 e. The minimum atomic E-state index is -3.77. The number of sulfonamides is 1. The molecule has 0 atom stereocenters. The lowest BCUT2D eigenvalue weighted by atomic mass is 10.2. The minimum absolute atomic E-state index is 0.0802. The Morgan fingerprint density at radius 2 is 1.75 bits per heavy atom. The second-order valence-electron chi connectivity index (χ2n) is 6.61. The van der Waals surface area contributed by atoms with E-state index in [9.17, 15) is 23.3 Å². The summed E-state index contributed by atoms with van der Waals surface area (Å²) >= 11 is 0. The largest absolute Gasteiger partial charge is 0.362 e. The molecule has 0 unspecified atom stereocenters. The molecule has 0 N–H and O–H groups in total. The highest BCUT2D eigenvalue weighted by Gasteiger charge is 2.29. The van der Waals surface area contributed by atoms with Crippen molar-refractivity contribution in [2.45, 2.75) is 38.5 Å². The molecule has 9 nitrogen and oxygen atoms in total. The second-order valence-corrected chi connectivity index (χ2v) is 8.55. The topological polar surface area (TPSA) is 104 Å². The van der Waals surface area contributed by atoms with Gasteiger partial charge in [0.05, 0.1) is 9.82 Å². The fourth-order valence-corrected chi connectivity index (χ4v) is 4.84. The van der Waals surface area contributed by atoms with Gasteiger partial charge >= 0.3 is 0 Å². The highest BCUT2D eigenvalue weighted by Crippen LogP contribution is 2.32. The number of carbonyl (C=O) groups excluding carboxylic acids is 1. The highest BCUT2D eigenvalue weighted by atomic mass is 32.2. The van der Waals surface area contributed by atoms with Gasteiger partial charge in [0.15, 0.2) is 0 Å². The van der Waals surface area contributed by atoms with Gasteiger partial charge in [-0.1, -0.05) is 20.8 Å². The molecule has 0 bridgehead atoms. The molecule has 0 radical (unpaired) electrons. The number of carbonyl (C=O) groups is 1. The second kappa shape index (κ2) is 9.33. The third-order valence-corrected chi connectivity index (χ3v) is 6.97. The quantitative estimate of drug-likeness (QED) is 0.478. The van der Waals surface area contributed by atoms with E-state index < -0.39 is 14.9 Å². The van der Waals surface area contributed by atoms with Crippen LogP contribution in [0.15, 0.2) is 23.1 Å². The van der Waals surface area contributed by atoms with Gasteiger partial charge < -0.3 is 9.80 Å². The van der Waals surface area contributed by atoms with Crippen molar-refractivity contribution >= 4 is 27.3 Å². The van der Waals surface area contributed by atoms with E-state index in [1.807, 2.05) is 11.8 Å². The van der Waals surface area contributed by atoms with Crippen LogP contribution in [-0.2, 0) is 14.8 Å². The Balaban J connectivity index is 2.28. The first kappa shape index (κ1) is 22.1. The van der Waals surface area contributed by atoms with Crippen molar-refractivity contribution in [2.75, 3.05) is 44.2 Å². The molecule has 0 saturated carbocycles. The molecular weight excluding hydrogens is 384 g/mol. The third kappa shape index (κ3) is 4.61. The van der Waals surface area contributed by atoms with E-state index in [-0.39, 0.29) is 16.5 Å². The molecule has 1 amide bonds. The maximum atomic E-state index is 12.7. The average molecular weight is 413 g/mol. The van der Waals surface area contributed by atoms with Crippen LogP contribution in [0.3, 0.4) is 0 Å². The first-order valence-electron chi connectivity index (χ1n) is 9.57. The molecule has 156 valence electrons. The molecule has 1 aliphatic rings. The van der Waals surface area contributed by atoms with E-state index >= 15 is 0 Å². The van der Waals surface area contributed by atoms with E-state index in [0.717, 1.165) is 12.5 Å². The molecule has 1 saturated heterocycles. The van der Waals surface area contributed by atoms with Gasteiger partial charge in [0.2, 0.25) is 15.9 Å². The van der Waals surface area contributed by atoms with Gasteiger partial charge in [0.25, 0.3) is 5.69 Å². The molecule has 1 aromatic carbocycles. The molecule has 0 aliphatic carbocycles. The summed E-state index contributed by atoms with van der Waals surface area (Å²) < 4.78 is 26.6. The van der Waals surface area contributed by atoms with Crippen LogP contribution in [0.25, 0.3) is 0 Å². The number of rotatable bonds is 8. The van der Waals surface area contributed by atoms with Crippen molar-refractivity contribution in [1.29, 1.82) is 0 Å². The van der Waals surface area contributed by atoms with Gasteiger partial charge in [-0.25, -0.2) is 8.42 Å². The Bertz CT molecular complexity index is 815. The zero-order valence-corrected chi connectivity index (χ0v) is 17.4. The Labute approximate surface area is 166 Å². The Kier molecular flexibility index (Phi) is 7.36. The summed E-state index contributed by atoms with van der Waals surface area (Å²) in [6.07, 6.45) is 1.28. The van der Waals surface area contributed by atoms with Gasteiger partial charge in [0, 0.05) is 51.8 Å². The number of piperazine rings is 1. The lowest BCUT2D eigenvalue weighted by Crippen LogP contribution is -2.48. The van der Waals surface area contributed by atoms with Crippen molar-refractivity contribution in [3.05, 3.63) is 28.3 Å². The van der Waals surface area contributed by atoms with Crippen LogP contribution in [0, 0.1) is 10.1 Å². The lowest BCUT2D eigenvalue weighted by molar-refractivity contribution is -0.384. The van der Waals surface area contributed by atoms with Gasteiger partial charge in [-0.15, -0.1) is 0 Å². The van der Waals surface area contributed by atoms with Crippen LogP contribution < -0.4 is 4.90 Å². The average Bonchev–Trinajstić information content (AvgIpc) is 2.68. The van der Waals surface area contributed by atoms with Crippen LogP contribution in [0.1, 0.15) is 33.6 Å². The summed E-state index contributed by atoms with van der Waals surface area (Å²) in [4.78, 5) is 26.6. The Morgan fingerprint density at radius 1 is 1.14 bits per heavy atom. The van der Waals surface area contributed by atoms with Crippen molar-refractivity contribution in [2.24, 2.45) is 0 Å². The molecule has 10 heteroatoms. The van der Waals surface area contributed by atoms with Crippen molar-refractivity contribution in [3.8, 4) is 0 Å². The van der Waals surface area contributed by atoms with E-state index in [1.165, 1.54) is 16.4 Å². The SMILES string of the molecule is CCCC(=O)N1CCN(c2ccc(S(=O)(=O)N(CC)CC)cc2[N+](=O)[O-])CC1. The van der Waals surface area contributed by atoms with Gasteiger partial charge in [-0.3, -0.25) is 14.9 Å². The molecule has 1 heterocycles.